The van der Waals surface area contributed by atoms with E-state index in [9.17, 15) is 4.79 Å². The number of aromatic nitrogens is 2. The summed E-state index contributed by atoms with van der Waals surface area (Å²) in [4.78, 5) is 21.4. The van der Waals surface area contributed by atoms with Crippen molar-refractivity contribution in [3.63, 3.8) is 0 Å². The van der Waals surface area contributed by atoms with Gasteiger partial charge >= 0.3 is 0 Å². The van der Waals surface area contributed by atoms with E-state index in [0.29, 0.717) is 29.8 Å². The minimum atomic E-state index is -0.291. The van der Waals surface area contributed by atoms with Crippen LogP contribution >= 0.6 is 11.6 Å². The maximum atomic E-state index is 12.5. The van der Waals surface area contributed by atoms with E-state index in [1.54, 1.807) is 25.3 Å². The standard InChI is InChI=1S/C20H19ClN4O2/c1-27-11-10-22-20(26)17-13-18(23-16-9-5-8-15(21)12-16)25-19(24-17)14-6-3-2-4-7-14/h2-9,12-13H,10-11H2,1H3,(H,22,26)(H,23,24,25). The molecule has 2 aromatic carbocycles. The van der Waals surface area contributed by atoms with E-state index in [1.807, 2.05) is 42.5 Å². The number of methoxy groups -OCH3 is 1. The van der Waals surface area contributed by atoms with E-state index >= 15 is 0 Å². The first-order chi connectivity index (χ1) is 13.2. The highest BCUT2D eigenvalue weighted by molar-refractivity contribution is 6.30. The third-order valence-corrected chi connectivity index (χ3v) is 3.91. The van der Waals surface area contributed by atoms with Crippen LogP contribution in [0.15, 0.2) is 60.7 Å². The second-order valence-electron chi connectivity index (χ2n) is 5.71. The van der Waals surface area contributed by atoms with Gasteiger partial charge in [0.15, 0.2) is 5.82 Å². The van der Waals surface area contributed by atoms with Gasteiger partial charge in [-0.25, -0.2) is 9.97 Å². The quantitative estimate of drug-likeness (QED) is 0.606. The SMILES string of the molecule is COCCNC(=O)c1cc(Nc2cccc(Cl)c2)nc(-c2ccccc2)n1. The maximum absolute atomic E-state index is 12.5. The van der Waals surface area contributed by atoms with Crippen molar-refractivity contribution < 1.29 is 9.53 Å². The first-order valence-corrected chi connectivity index (χ1v) is 8.78. The number of nitrogens with one attached hydrogen (secondary N) is 2. The number of carbonyl (C=O) groups is 1. The van der Waals surface area contributed by atoms with Gasteiger partial charge in [0, 0.05) is 36.0 Å². The Balaban J connectivity index is 1.94. The molecule has 1 heterocycles. The lowest BCUT2D eigenvalue weighted by molar-refractivity contribution is 0.0932. The molecule has 1 aromatic heterocycles. The van der Waals surface area contributed by atoms with Crippen molar-refractivity contribution in [2.75, 3.05) is 25.6 Å². The Labute approximate surface area is 162 Å². The molecule has 0 saturated carbocycles. The van der Waals surface area contributed by atoms with Gasteiger partial charge in [-0.05, 0) is 18.2 Å². The van der Waals surface area contributed by atoms with Crippen molar-refractivity contribution in [3.05, 3.63) is 71.4 Å². The summed E-state index contributed by atoms with van der Waals surface area (Å²) in [5.41, 5.74) is 1.86. The number of anilines is 2. The summed E-state index contributed by atoms with van der Waals surface area (Å²) in [6.07, 6.45) is 0. The summed E-state index contributed by atoms with van der Waals surface area (Å²) < 4.78 is 4.96. The van der Waals surface area contributed by atoms with Crippen molar-refractivity contribution in [1.29, 1.82) is 0 Å². The van der Waals surface area contributed by atoms with Crippen LogP contribution in [-0.2, 0) is 4.74 Å². The van der Waals surface area contributed by atoms with E-state index in [4.69, 9.17) is 16.3 Å². The fraction of sp³-hybridized carbons (Fsp3) is 0.150. The molecule has 0 radical (unpaired) electrons. The minimum Gasteiger partial charge on any atom is -0.383 e. The molecule has 3 aromatic rings. The topological polar surface area (TPSA) is 76.1 Å². The lowest BCUT2D eigenvalue weighted by Gasteiger charge is -2.11. The molecule has 27 heavy (non-hydrogen) atoms. The van der Waals surface area contributed by atoms with Crippen molar-refractivity contribution in [2.24, 2.45) is 0 Å². The molecular weight excluding hydrogens is 364 g/mol. The molecule has 0 aliphatic rings. The number of rotatable bonds is 7. The van der Waals surface area contributed by atoms with Crippen molar-refractivity contribution in [1.82, 2.24) is 15.3 Å². The Morgan fingerprint density at radius 1 is 1.07 bits per heavy atom. The maximum Gasteiger partial charge on any atom is 0.270 e. The van der Waals surface area contributed by atoms with Crippen LogP contribution in [-0.4, -0.2) is 36.1 Å². The number of nitrogens with zero attached hydrogens (tertiary/aromatic N) is 2. The third kappa shape index (κ3) is 5.26. The van der Waals surface area contributed by atoms with Crippen LogP contribution in [0, 0.1) is 0 Å². The van der Waals surface area contributed by atoms with Gasteiger partial charge in [-0.1, -0.05) is 48.0 Å². The number of amides is 1. The Kier molecular flexibility index (Phi) is 6.35. The van der Waals surface area contributed by atoms with Gasteiger partial charge in [0.1, 0.15) is 11.5 Å². The molecule has 0 aliphatic carbocycles. The molecule has 0 spiro atoms. The summed E-state index contributed by atoms with van der Waals surface area (Å²) in [6.45, 7) is 0.826. The highest BCUT2D eigenvalue weighted by Gasteiger charge is 2.13. The molecule has 1 amide bonds. The predicted octanol–water partition coefficient (Wildman–Crippen LogP) is 3.92. The Morgan fingerprint density at radius 3 is 2.63 bits per heavy atom. The first-order valence-electron chi connectivity index (χ1n) is 8.40. The van der Waals surface area contributed by atoms with Crippen molar-refractivity contribution in [3.8, 4) is 11.4 Å². The second kappa shape index (κ2) is 9.12. The molecule has 0 atom stereocenters. The Hall–Kier alpha value is -2.96. The Morgan fingerprint density at radius 2 is 1.89 bits per heavy atom. The summed E-state index contributed by atoms with van der Waals surface area (Å²) >= 11 is 6.04. The fourth-order valence-electron chi connectivity index (χ4n) is 2.42. The largest absolute Gasteiger partial charge is 0.383 e. The highest BCUT2D eigenvalue weighted by atomic mass is 35.5. The van der Waals surface area contributed by atoms with Crippen LogP contribution < -0.4 is 10.6 Å². The molecule has 6 nitrogen and oxygen atoms in total. The summed E-state index contributed by atoms with van der Waals surface area (Å²) in [6, 6.07) is 18.4. The molecule has 3 rings (SSSR count). The number of benzene rings is 2. The smallest absolute Gasteiger partial charge is 0.270 e. The van der Waals surface area contributed by atoms with Gasteiger partial charge in [-0.3, -0.25) is 4.79 Å². The van der Waals surface area contributed by atoms with Crippen molar-refractivity contribution in [2.45, 2.75) is 0 Å². The molecule has 2 N–H and O–H groups in total. The van der Waals surface area contributed by atoms with Crippen LogP contribution in [0.5, 0.6) is 0 Å². The number of ether oxygens (including phenoxy) is 1. The molecule has 0 unspecified atom stereocenters. The zero-order chi connectivity index (χ0) is 19.1. The monoisotopic (exact) mass is 382 g/mol. The lowest BCUT2D eigenvalue weighted by atomic mass is 10.2. The summed E-state index contributed by atoms with van der Waals surface area (Å²) in [7, 11) is 1.58. The average Bonchev–Trinajstić information content (AvgIpc) is 2.68. The summed E-state index contributed by atoms with van der Waals surface area (Å²) in [5, 5.41) is 6.56. The molecule has 0 aliphatic heterocycles. The molecule has 0 saturated heterocycles. The zero-order valence-corrected chi connectivity index (χ0v) is 15.5. The number of hydrogen-bond acceptors (Lipinski definition) is 5. The van der Waals surface area contributed by atoms with Crippen LogP contribution in [0.3, 0.4) is 0 Å². The normalized spacial score (nSPS) is 10.4. The average molecular weight is 383 g/mol. The van der Waals surface area contributed by atoms with E-state index in [2.05, 4.69) is 20.6 Å². The molecule has 0 bridgehead atoms. The molecule has 7 heteroatoms. The van der Waals surface area contributed by atoms with Gasteiger partial charge in [-0.2, -0.15) is 0 Å². The lowest BCUT2D eigenvalue weighted by Crippen LogP contribution is -2.28. The molecule has 138 valence electrons. The van der Waals surface area contributed by atoms with Gasteiger partial charge in [0.2, 0.25) is 0 Å². The van der Waals surface area contributed by atoms with Crippen molar-refractivity contribution >= 4 is 29.0 Å². The van der Waals surface area contributed by atoms with Crippen LogP contribution in [0.4, 0.5) is 11.5 Å². The number of halogens is 1. The number of carbonyl (C=O) groups excluding carboxylic acids is 1. The van der Waals surface area contributed by atoms with E-state index in [1.165, 1.54) is 0 Å². The second-order valence-corrected chi connectivity index (χ2v) is 6.15. The summed E-state index contributed by atoms with van der Waals surface area (Å²) in [5.74, 6) is 0.670. The molecule has 0 fully saturated rings. The van der Waals surface area contributed by atoms with Gasteiger partial charge < -0.3 is 15.4 Å². The Bertz CT molecular complexity index is 919. The number of hydrogen-bond donors (Lipinski definition) is 2. The van der Waals surface area contributed by atoms with Gasteiger partial charge in [-0.15, -0.1) is 0 Å². The minimum absolute atomic E-state index is 0.268. The van der Waals surface area contributed by atoms with E-state index in [-0.39, 0.29) is 11.6 Å². The van der Waals surface area contributed by atoms with E-state index in [0.717, 1.165) is 11.3 Å². The predicted molar refractivity (Wildman–Crippen MR) is 106 cm³/mol. The van der Waals surface area contributed by atoms with Gasteiger partial charge in [0.25, 0.3) is 5.91 Å². The van der Waals surface area contributed by atoms with E-state index < -0.39 is 0 Å². The van der Waals surface area contributed by atoms with Crippen LogP contribution in [0.25, 0.3) is 11.4 Å². The zero-order valence-electron chi connectivity index (χ0n) is 14.8. The third-order valence-electron chi connectivity index (χ3n) is 3.68. The van der Waals surface area contributed by atoms with Gasteiger partial charge in [0.05, 0.1) is 6.61 Å². The highest BCUT2D eigenvalue weighted by Crippen LogP contribution is 2.22. The first kappa shape index (κ1) is 18.8. The van der Waals surface area contributed by atoms with Crippen LogP contribution in [0.1, 0.15) is 10.5 Å². The molecular formula is C20H19ClN4O2. The van der Waals surface area contributed by atoms with Crippen LogP contribution in [0.2, 0.25) is 5.02 Å². The fourth-order valence-corrected chi connectivity index (χ4v) is 2.61.